The second kappa shape index (κ2) is 9.25. The molecule has 3 N–H and O–H groups in total. The Hall–Kier alpha value is -3.28. The van der Waals surface area contributed by atoms with Gasteiger partial charge in [0.25, 0.3) is 11.6 Å². The van der Waals surface area contributed by atoms with Crippen molar-refractivity contribution in [2.75, 3.05) is 5.32 Å². The summed E-state index contributed by atoms with van der Waals surface area (Å²) in [5, 5.41) is 18.8. The second-order valence-electron chi connectivity index (χ2n) is 6.43. The molecule has 0 bridgehead atoms. The van der Waals surface area contributed by atoms with Crippen molar-refractivity contribution >= 4 is 39.1 Å². The van der Waals surface area contributed by atoms with Gasteiger partial charge in [-0.25, -0.2) is 17.9 Å². The van der Waals surface area contributed by atoms with E-state index in [0.717, 1.165) is 17.8 Å². The van der Waals surface area contributed by atoms with Crippen LogP contribution in [-0.4, -0.2) is 19.2 Å². The quantitative estimate of drug-likeness (QED) is 0.405. The summed E-state index contributed by atoms with van der Waals surface area (Å²) >= 11 is 0.957. The first-order chi connectivity index (χ1) is 14.6. The molecule has 0 unspecified atom stereocenters. The van der Waals surface area contributed by atoms with Crippen molar-refractivity contribution in [3.8, 4) is 0 Å². The predicted molar refractivity (Wildman–Crippen MR) is 115 cm³/mol. The van der Waals surface area contributed by atoms with Crippen LogP contribution in [0.1, 0.15) is 15.9 Å². The molecule has 0 aliphatic carbocycles. The van der Waals surface area contributed by atoms with Crippen LogP contribution in [0.5, 0.6) is 0 Å². The van der Waals surface area contributed by atoms with Gasteiger partial charge >= 0.3 is 0 Å². The number of anilines is 1. The minimum Gasteiger partial charge on any atom is -0.322 e. The third-order valence-electron chi connectivity index (χ3n) is 4.03. The summed E-state index contributed by atoms with van der Waals surface area (Å²) in [6.07, 6.45) is 0. The van der Waals surface area contributed by atoms with E-state index in [1.165, 1.54) is 48.5 Å². The predicted octanol–water partition coefficient (Wildman–Crippen LogP) is 3.93. The van der Waals surface area contributed by atoms with Gasteiger partial charge in [0.2, 0.25) is 10.0 Å². The maximum atomic E-state index is 14.1. The Balaban J connectivity index is 1.93. The number of benzene rings is 3. The Morgan fingerprint density at radius 2 is 1.81 bits per heavy atom. The molecule has 0 saturated carbocycles. The molecule has 0 aliphatic rings. The zero-order valence-electron chi connectivity index (χ0n) is 15.8. The standard InChI is InChI=1S/C20H16FN3O5S2/c21-17-6-1-2-7-19(17)30-18-9-8-15(24(26)27)11-16(18)20(25)23-14-5-3-4-13(10-14)12-31(22,28)29/h1-11H,12H2,(H,23,25)(H2,22,28,29). The number of carbonyl (C=O) groups is 1. The van der Waals surface area contributed by atoms with Crippen LogP contribution in [-0.2, 0) is 15.8 Å². The van der Waals surface area contributed by atoms with Crippen molar-refractivity contribution in [3.05, 3.63) is 93.8 Å². The summed E-state index contributed by atoms with van der Waals surface area (Å²) in [4.78, 5) is 24.0. The normalized spacial score (nSPS) is 11.2. The van der Waals surface area contributed by atoms with E-state index >= 15 is 0 Å². The average Bonchev–Trinajstić information content (AvgIpc) is 2.68. The van der Waals surface area contributed by atoms with Gasteiger partial charge in [0, 0.05) is 27.6 Å². The molecule has 3 aromatic carbocycles. The topological polar surface area (TPSA) is 132 Å². The molecular weight excluding hydrogens is 445 g/mol. The smallest absolute Gasteiger partial charge is 0.270 e. The van der Waals surface area contributed by atoms with Crippen LogP contribution in [0.4, 0.5) is 15.8 Å². The molecule has 0 radical (unpaired) electrons. The molecule has 11 heteroatoms. The molecule has 160 valence electrons. The highest BCUT2D eigenvalue weighted by atomic mass is 32.2. The van der Waals surface area contributed by atoms with Crippen molar-refractivity contribution in [2.45, 2.75) is 15.5 Å². The van der Waals surface area contributed by atoms with Gasteiger partial charge in [-0.05, 0) is 35.9 Å². The first-order valence-corrected chi connectivity index (χ1v) is 11.3. The lowest BCUT2D eigenvalue weighted by molar-refractivity contribution is -0.384. The van der Waals surface area contributed by atoms with E-state index < -0.39 is 32.4 Å². The number of nitrogens with one attached hydrogen (secondary N) is 1. The lowest BCUT2D eigenvalue weighted by Gasteiger charge is -2.11. The van der Waals surface area contributed by atoms with Gasteiger partial charge in [0.15, 0.2) is 0 Å². The molecule has 0 spiro atoms. The van der Waals surface area contributed by atoms with E-state index in [0.29, 0.717) is 10.5 Å². The van der Waals surface area contributed by atoms with Crippen LogP contribution >= 0.6 is 11.8 Å². The minimum atomic E-state index is -3.76. The molecule has 0 saturated heterocycles. The third-order valence-corrected chi connectivity index (χ3v) is 5.89. The lowest BCUT2D eigenvalue weighted by atomic mass is 10.1. The minimum absolute atomic E-state index is 0.0284. The van der Waals surface area contributed by atoms with Gasteiger partial charge in [-0.2, -0.15) is 0 Å². The van der Waals surface area contributed by atoms with Crippen molar-refractivity contribution in [3.63, 3.8) is 0 Å². The molecule has 3 rings (SSSR count). The van der Waals surface area contributed by atoms with Crippen LogP contribution < -0.4 is 10.5 Å². The van der Waals surface area contributed by atoms with Crippen LogP contribution in [0.3, 0.4) is 0 Å². The molecule has 31 heavy (non-hydrogen) atoms. The zero-order valence-corrected chi connectivity index (χ0v) is 17.5. The number of nitro groups is 1. The van der Waals surface area contributed by atoms with Crippen molar-refractivity contribution < 1.29 is 22.5 Å². The van der Waals surface area contributed by atoms with Crippen LogP contribution in [0.25, 0.3) is 0 Å². The molecule has 0 fully saturated rings. The summed E-state index contributed by atoms with van der Waals surface area (Å²) in [5.74, 6) is -1.58. The first kappa shape index (κ1) is 22.4. The molecular formula is C20H16FN3O5S2. The van der Waals surface area contributed by atoms with Crippen LogP contribution in [0.15, 0.2) is 76.5 Å². The Morgan fingerprint density at radius 1 is 1.06 bits per heavy atom. The van der Waals surface area contributed by atoms with E-state index in [1.807, 2.05) is 0 Å². The number of carbonyl (C=O) groups excluding carboxylic acids is 1. The zero-order chi connectivity index (χ0) is 22.6. The van der Waals surface area contributed by atoms with Crippen LogP contribution in [0.2, 0.25) is 0 Å². The summed E-state index contributed by atoms with van der Waals surface area (Å²) in [5.41, 5.74) is 0.310. The maximum absolute atomic E-state index is 14.1. The fraction of sp³-hybridized carbons (Fsp3) is 0.0500. The number of non-ortho nitro benzene ring substituents is 1. The molecule has 1 amide bonds. The summed E-state index contributed by atoms with van der Waals surface area (Å²) in [7, 11) is -3.76. The molecule has 3 aromatic rings. The number of hydrogen-bond donors (Lipinski definition) is 2. The highest BCUT2D eigenvalue weighted by Crippen LogP contribution is 2.34. The number of amides is 1. The van der Waals surface area contributed by atoms with E-state index in [4.69, 9.17) is 5.14 Å². The number of halogens is 1. The van der Waals surface area contributed by atoms with Gasteiger partial charge in [0.1, 0.15) is 5.82 Å². The van der Waals surface area contributed by atoms with Gasteiger partial charge in [-0.15, -0.1) is 0 Å². The molecule has 0 aliphatic heterocycles. The molecule has 0 atom stereocenters. The van der Waals surface area contributed by atoms with Gasteiger partial charge in [0.05, 0.1) is 16.2 Å². The number of hydrogen-bond acceptors (Lipinski definition) is 6. The number of nitrogens with two attached hydrogens (primary N) is 1. The number of rotatable bonds is 7. The maximum Gasteiger partial charge on any atom is 0.270 e. The Morgan fingerprint density at radius 3 is 2.48 bits per heavy atom. The highest BCUT2D eigenvalue weighted by Gasteiger charge is 2.19. The monoisotopic (exact) mass is 461 g/mol. The summed E-state index contributed by atoms with van der Waals surface area (Å²) < 4.78 is 36.6. The third kappa shape index (κ3) is 6.10. The fourth-order valence-electron chi connectivity index (χ4n) is 2.71. The molecule has 0 heterocycles. The van der Waals surface area contributed by atoms with Crippen molar-refractivity contribution in [1.29, 1.82) is 0 Å². The highest BCUT2D eigenvalue weighted by molar-refractivity contribution is 7.99. The van der Waals surface area contributed by atoms with Crippen LogP contribution in [0, 0.1) is 15.9 Å². The van der Waals surface area contributed by atoms with Crippen molar-refractivity contribution in [2.24, 2.45) is 5.14 Å². The van der Waals surface area contributed by atoms with Gasteiger partial charge < -0.3 is 5.32 Å². The summed E-state index contributed by atoms with van der Waals surface area (Å²) in [6, 6.07) is 15.7. The average molecular weight is 461 g/mol. The lowest BCUT2D eigenvalue weighted by Crippen LogP contribution is -2.16. The van der Waals surface area contributed by atoms with E-state index in [9.17, 15) is 27.7 Å². The SMILES string of the molecule is NS(=O)(=O)Cc1cccc(NC(=O)c2cc([N+](=O)[O-])ccc2Sc2ccccc2F)c1. The Kier molecular flexibility index (Phi) is 6.68. The van der Waals surface area contributed by atoms with Crippen molar-refractivity contribution in [1.82, 2.24) is 0 Å². The van der Waals surface area contributed by atoms with Gasteiger partial charge in [-0.3, -0.25) is 14.9 Å². The van der Waals surface area contributed by atoms with E-state index in [2.05, 4.69) is 5.32 Å². The fourth-order valence-corrected chi connectivity index (χ4v) is 4.30. The molecule has 8 nitrogen and oxygen atoms in total. The Labute approximate surface area is 181 Å². The number of nitrogens with zero attached hydrogens (tertiary/aromatic N) is 1. The Bertz CT molecular complexity index is 1270. The molecule has 0 aromatic heterocycles. The number of sulfonamides is 1. The largest absolute Gasteiger partial charge is 0.322 e. The van der Waals surface area contributed by atoms with E-state index in [-0.39, 0.29) is 21.8 Å². The number of primary sulfonamides is 1. The first-order valence-electron chi connectivity index (χ1n) is 8.74. The van der Waals surface area contributed by atoms with Gasteiger partial charge in [-0.1, -0.05) is 36.0 Å². The second-order valence-corrected chi connectivity index (χ2v) is 9.13. The number of nitro benzene ring substituents is 1. The summed E-state index contributed by atoms with van der Waals surface area (Å²) in [6.45, 7) is 0. The van der Waals surface area contributed by atoms with E-state index in [1.54, 1.807) is 12.1 Å².